The number of halogens is 1. The van der Waals surface area contributed by atoms with Gasteiger partial charge >= 0.3 is 0 Å². The smallest absolute Gasteiger partial charge is 0.270 e. The lowest BCUT2D eigenvalue weighted by Gasteiger charge is -2.08. The lowest BCUT2D eigenvalue weighted by atomic mass is 9.95. The van der Waals surface area contributed by atoms with E-state index < -0.39 is 0 Å². The second kappa shape index (κ2) is 7.59. The zero-order chi connectivity index (χ0) is 20.7. The molecule has 0 saturated carbocycles. The van der Waals surface area contributed by atoms with Crippen LogP contribution < -0.4 is 10.6 Å². The average molecular weight is 437 g/mol. The van der Waals surface area contributed by atoms with Crippen molar-refractivity contribution in [3.8, 4) is 5.88 Å². The third kappa shape index (κ3) is 3.36. The van der Waals surface area contributed by atoms with Crippen LogP contribution >= 0.6 is 22.9 Å². The Morgan fingerprint density at radius 1 is 1.20 bits per heavy atom. The van der Waals surface area contributed by atoms with Crippen LogP contribution in [0.5, 0.6) is 5.88 Å². The number of nitrogens with zero attached hydrogens (tertiary/aromatic N) is 2. The SMILES string of the molecule is O=C1NCCC(c2sc(NCc3cccc(Cl)c3)nc2O)=C2C1=Nc1ccccc12. The third-order valence-corrected chi connectivity index (χ3v) is 6.33. The van der Waals surface area contributed by atoms with Crippen molar-refractivity contribution in [3.63, 3.8) is 0 Å². The molecule has 1 amide bonds. The van der Waals surface area contributed by atoms with Gasteiger partial charge in [-0.05, 0) is 35.8 Å². The Labute approximate surface area is 182 Å². The van der Waals surface area contributed by atoms with E-state index in [2.05, 4.69) is 20.6 Å². The number of benzene rings is 2. The van der Waals surface area contributed by atoms with E-state index >= 15 is 0 Å². The number of hydrogen-bond donors (Lipinski definition) is 3. The highest BCUT2D eigenvalue weighted by atomic mass is 35.5. The van der Waals surface area contributed by atoms with E-state index in [0.29, 0.717) is 40.3 Å². The zero-order valence-corrected chi connectivity index (χ0v) is 17.3. The molecule has 0 bridgehead atoms. The van der Waals surface area contributed by atoms with E-state index in [0.717, 1.165) is 28.0 Å². The van der Waals surface area contributed by atoms with Crippen molar-refractivity contribution in [1.82, 2.24) is 10.3 Å². The second-order valence-corrected chi connectivity index (χ2v) is 8.43. The van der Waals surface area contributed by atoms with E-state index in [1.807, 2.05) is 48.5 Å². The van der Waals surface area contributed by atoms with Gasteiger partial charge in [0.15, 0.2) is 5.13 Å². The molecule has 1 aromatic heterocycles. The molecule has 30 heavy (non-hydrogen) atoms. The summed E-state index contributed by atoms with van der Waals surface area (Å²) in [4.78, 5) is 22.0. The van der Waals surface area contributed by atoms with Crippen LogP contribution in [0.25, 0.3) is 11.1 Å². The maximum Gasteiger partial charge on any atom is 0.270 e. The minimum atomic E-state index is -0.195. The molecule has 0 atom stereocenters. The van der Waals surface area contributed by atoms with Gasteiger partial charge in [0.05, 0.1) is 10.6 Å². The molecule has 5 rings (SSSR count). The molecular formula is C22H17ClN4O2S. The van der Waals surface area contributed by atoms with Crippen molar-refractivity contribution < 1.29 is 9.90 Å². The van der Waals surface area contributed by atoms with Gasteiger partial charge in [-0.1, -0.05) is 53.3 Å². The number of carbonyl (C=O) groups is 1. The number of rotatable bonds is 4. The predicted molar refractivity (Wildman–Crippen MR) is 121 cm³/mol. The number of amides is 1. The maximum absolute atomic E-state index is 12.5. The molecule has 0 saturated heterocycles. The largest absolute Gasteiger partial charge is 0.492 e. The number of hydrogen-bond acceptors (Lipinski definition) is 6. The number of aromatic nitrogens is 1. The Kier molecular flexibility index (Phi) is 4.77. The normalized spacial score (nSPS) is 15.2. The molecule has 8 heteroatoms. The highest BCUT2D eigenvalue weighted by Gasteiger charge is 2.33. The number of carbonyl (C=O) groups excluding carboxylic acids is 1. The Bertz CT molecular complexity index is 1230. The molecule has 3 N–H and O–H groups in total. The van der Waals surface area contributed by atoms with Gasteiger partial charge in [-0.3, -0.25) is 4.79 Å². The Morgan fingerprint density at radius 3 is 2.93 bits per heavy atom. The lowest BCUT2D eigenvalue weighted by molar-refractivity contribution is -0.114. The summed E-state index contributed by atoms with van der Waals surface area (Å²) < 4.78 is 0. The van der Waals surface area contributed by atoms with E-state index in [9.17, 15) is 9.90 Å². The lowest BCUT2D eigenvalue weighted by Crippen LogP contribution is -2.29. The highest BCUT2D eigenvalue weighted by molar-refractivity contribution is 7.17. The number of anilines is 1. The fraction of sp³-hybridized carbons (Fsp3) is 0.136. The van der Waals surface area contributed by atoms with Gasteiger partial charge < -0.3 is 15.7 Å². The van der Waals surface area contributed by atoms with Crippen LogP contribution in [-0.4, -0.2) is 28.3 Å². The van der Waals surface area contributed by atoms with Crippen LogP contribution in [0.1, 0.15) is 22.4 Å². The summed E-state index contributed by atoms with van der Waals surface area (Å²) in [5.41, 5.74) is 4.74. The fourth-order valence-corrected chi connectivity index (χ4v) is 4.85. The van der Waals surface area contributed by atoms with Crippen LogP contribution in [0.2, 0.25) is 5.02 Å². The minimum absolute atomic E-state index is 0.0471. The van der Waals surface area contributed by atoms with Gasteiger partial charge in [0.25, 0.3) is 5.91 Å². The number of aliphatic imine (C=N–C) groups is 1. The highest BCUT2D eigenvalue weighted by Crippen LogP contribution is 2.45. The number of fused-ring (bicyclic) bond motifs is 3. The van der Waals surface area contributed by atoms with Crippen LogP contribution in [0.4, 0.5) is 10.8 Å². The molecular weight excluding hydrogens is 420 g/mol. The Hall–Kier alpha value is -3.16. The topological polar surface area (TPSA) is 86.6 Å². The second-order valence-electron chi connectivity index (χ2n) is 6.99. The number of aromatic hydroxyl groups is 1. The summed E-state index contributed by atoms with van der Waals surface area (Å²) in [6.07, 6.45) is 0.581. The molecule has 2 aliphatic heterocycles. The first-order valence-electron chi connectivity index (χ1n) is 9.48. The van der Waals surface area contributed by atoms with Gasteiger partial charge in [-0.2, -0.15) is 4.98 Å². The summed E-state index contributed by atoms with van der Waals surface area (Å²) >= 11 is 7.41. The molecule has 0 fully saturated rings. The molecule has 6 nitrogen and oxygen atoms in total. The Morgan fingerprint density at radius 2 is 2.07 bits per heavy atom. The van der Waals surface area contributed by atoms with E-state index in [-0.39, 0.29) is 11.8 Å². The molecule has 0 unspecified atom stereocenters. The van der Waals surface area contributed by atoms with Crippen LogP contribution in [0.15, 0.2) is 53.5 Å². The van der Waals surface area contributed by atoms with Crippen LogP contribution in [0.3, 0.4) is 0 Å². The fourth-order valence-electron chi connectivity index (χ4n) is 3.70. The van der Waals surface area contributed by atoms with Crippen molar-refractivity contribution >= 4 is 56.5 Å². The molecule has 0 radical (unpaired) electrons. The molecule has 3 aromatic rings. The summed E-state index contributed by atoms with van der Waals surface area (Å²) in [6, 6.07) is 15.2. The summed E-state index contributed by atoms with van der Waals surface area (Å²) in [5, 5.41) is 18.0. The van der Waals surface area contributed by atoms with E-state index in [4.69, 9.17) is 11.6 Å². The molecule has 2 aliphatic rings. The quantitative estimate of drug-likeness (QED) is 0.556. The van der Waals surface area contributed by atoms with Crippen molar-refractivity contribution in [2.24, 2.45) is 4.99 Å². The average Bonchev–Trinajstić information content (AvgIpc) is 3.26. The summed E-state index contributed by atoms with van der Waals surface area (Å²) in [7, 11) is 0. The molecule has 0 aliphatic carbocycles. The molecule has 0 spiro atoms. The predicted octanol–water partition coefficient (Wildman–Crippen LogP) is 4.63. The zero-order valence-electron chi connectivity index (χ0n) is 15.8. The van der Waals surface area contributed by atoms with Crippen molar-refractivity contribution in [3.05, 3.63) is 69.6 Å². The Balaban J connectivity index is 1.52. The third-order valence-electron chi connectivity index (χ3n) is 5.04. The van der Waals surface area contributed by atoms with Crippen molar-refractivity contribution in [2.75, 3.05) is 11.9 Å². The molecule has 150 valence electrons. The number of para-hydroxylation sites is 1. The van der Waals surface area contributed by atoms with Gasteiger partial charge in [0, 0.05) is 29.2 Å². The van der Waals surface area contributed by atoms with Gasteiger partial charge in [-0.15, -0.1) is 0 Å². The first-order chi connectivity index (χ1) is 14.6. The minimum Gasteiger partial charge on any atom is -0.492 e. The van der Waals surface area contributed by atoms with Crippen molar-refractivity contribution in [2.45, 2.75) is 13.0 Å². The standard InChI is InChI=1S/C22H17ClN4O2S/c23-13-5-3-4-12(10-13)11-25-22-27-21(29)19(30-22)15-8-9-24-20(28)18-17(15)14-6-1-2-7-16(14)26-18/h1-7,10,29H,8-9,11H2,(H,24,28)(H,25,27). The van der Waals surface area contributed by atoms with Gasteiger partial charge in [0.2, 0.25) is 5.88 Å². The molecule has 2 aromatic carbocycles. The van der Waals surface area contributed by atoms with Crippen LogP contribution in [0, 0.1) is 0 Å². The summed E-state index contributed by atoms with van der Waals surface area (Å²) in [5.74, 6) is -0.242. The summed E-state index contributed by atoms with van der Waals surface area (Å²) in [6.45, 7) is 1.01. The maximum atomic E-state index is 12.5. The molecule has 3 heterocycles. The monoisotopic (exact) mass is 436 g/mol. The van der Waals surface area contributed by atoms with Crippen LogP contribution in [-0.2, 0) is 11.3 Å². The van der Waals surface area contributed by atoms with Gasteiger partial charge in [0.1, 0.15) is 5.71 Å². The first-order valence-corrected chi connectivity index (χ1v) is 10.7. The van der Waals surface area contributed by atoms with Crippen molar-refractivity contribution in [1.29, 1.82) is 0 Å². The number of nitrogens with one attached hydrogen (secondary N) is 2. The first kappa shape index (κ1) is 18.8. The number of thiazole rings is 1. The van der Waals surface area contributed by atoms with E-state index in [1.54, 1.807) is 0 Å². The van der Waals surface area contributed by atoms with Gasteiger partial charge in [-0.25, -0.2) is 4.99 Å². The van der Waals surface area contributed by atoms with E-state index in [1.165, 1.54) is 11.3 Å².